The minimum atomic E-state index is -0.404. The van der Waals surface area contributed by atoms with Gasteiger partial charge in [-0.2, -0.15) is 0 Å². The topological polar surface area (TPSA) is 58.7 Å². The van der Waals surface area contributed by atoms with E-state index >= 15 is 0 Å². The average Bonchev–Trinajstić information content (AvgIpc) is 3.28. The SMILES string of the molecule is CC(=O)Nc1ccc([C@H]2O[C@@H]2C(=O)c2ccccc2)cc1. The van der Waals surface area contributed by atoms with Crippen LogP contribution in [0.4, 0.5) is 5.69 Å². The van der Waals surface area contributed by atoms with Gasteiger partial charge in [0.2, 0.25) is 5.91 Å². The van der Waals surface area contributed by atoms with Gasteiger partial charge in [0.1, 0.15) is 6.10 Å². The van der Waals surface area contributed by atoms with Gasteiger partial charge in [-0.05, 0) is 17.7 Å². The predicted octanol–water partition coefficient (Wildman–Crippen LogP) is 2.97. The van der Waals surface area contributed by atoms with Gasteiger partial charge >= 0.3 is 0 Å². The molecule has 0 unspecified atom stereocenters. The van der Waals surface area contributed by atoms with E-state index < -0.39 is 6.10 Å². The molecule has 0 aromatic heterocycles. The van der Waals surface area contributed by atoms with E-state index in [-0.39, 0.29) is 17.8 Å². The van der Waals surface area contributed by atoms with Crippen LogP contribution in [0.5, 0.6) is 0 Å². The van der Waals surface area contributed by atoms with Gasteiger partial charge in [-0.25, -0.2) is 0 Å². The van der Waals surface area contributed by atoms with E-state index in [1.165, 1.54) is 6.92 Å². The first-order valence-electron chi connectivity index (χ1n) is 6.77. The van der Waals surface area contributed by atoms with Crippen LogP contribution < -0.4 is 5.32 Å². The third-order valence-corrected chi connectivity index (χ3v) is 3.37. The van der Waals surface area contributed by atoms with Crippen LogP contribution in [0.1, 0.15) is 28.9 Å². The molecule has 1 aliphatic heterocycles. The molecule has 1 fully saturated rings. The Morgan fingerprint density at radius 1 is 1.00 bits per heavy atom. The number of ketones is 1. The number of ether oxygens (including phenoxy) is 1. The number of rotatable bonds is 4. The molecule has 4 heteroatoms. The number of hydrogen-bond donors (Lipinski definition) is 1. The van der Waals surface area contributed by atoms with Crippen LogP contribution in [0.25, 0.3) is 0 Å². The van der Waals surface area contributed by atoms with Crippen molar-refractivity contribution in [2.24, 2.45) is 0 Å². The summed E-state index contributed by atoms with van der Waals surface area (Å²) in [5.41, 5.74) is 2.34. The molecule has 3 rings (SSSR count). The van der Waals surface area contributed by atoms with Crippen molar-refractivity contribution in [1.29, 1.82) is 0 Å². The van der Waals surface area contributed by atoms with E-state index in [9.17, 15) is 9.59 Å². The van der Waals surface area contributed by atoms with Crippen molar-refractivity contribution >= 4 is 17.4 Å². The fraction of sp³-hybridized carbons (Fsp3) is 0.176. The van der Waals surface area contributed by atoms with Gasteiger partial charge in [-0.1, -0.05) is 42.5 Å². The molecule has 1 heterocycles. The molecule has 1 saturated heterocycles. The summed E-state index contributed by atoms with van der Waals surface area (Å²) in [6.45, 7) is 1.46. The van der Waals surface area contributed by atoms with Crippen molar-refractivity contribution in [3.8, 4) is 0 Å². The monoisotopic (exact) mass is 281 g/mol. The molecule has 1 aliphatic rings. The van der Waals surface area contributed by atoms with Crippen molar-refractivity contribution in [3.05, 3.63) is 65.7 Å². The fourth-order valence-corrected chi connectivity index (χ4v) is 2.29. The largest absolute Gasteiger partial charge is 0.356 e. The van der Waals surface area contributed by atoms with Crippen molar-refractivity contribution in [2.75, 3.05) is 5.32 Å². The Morgan fingerprint density at radius 2 is 1.67 bits per heavy atom. The zero-order valence-corrected chi connectivity index (χ0v) is 11.6. The second-order valence-corrected chi connectivity index (χ2v) is 5.01. The number of benzene rings is 2. The van der Waals surface area contributed by atoms with Crippen LogP contribution in [0.2, 0.25) is 0 Å². The number of amides is 1. The maximum Gasteiger partial charge on any atom is 0.221 e. The Kier molecular flexibility index (Phi) is 3.54. The fourth-order valence-electron chi connectivity index (χ4n) is 2.29. The smallest absolute Gasteiger partial charge is 0.221 e. The van der Waals surface area contributed by atoms with Gasteiger partial charge in [0.05, 0.1) is 0 Å². The molecule has 0 saturated carbocycles. The summed E-state index contributed by atoms with van der Waals surface area (Å²) in [5, 5.41) is 2.70. The van der Waals surface area contributed by atoms with Gasteiger partial charge in [0, 0.05) is 18.2 Å². The Balaban J connectivity index is 1.67. The highest BCUT2D eigenvalue weighted by Gasteiger charge is 2.46. The van der Waals surface area contributed by atoms with E-state index in [0.29, 0.717) is 5.56 Å². The molecule has 1 amide bonds. The highest BCUT2D eigenvalue weighted by molar-refractivity contribution is 6.01. The standard InChI is InChI=1S/C17H15NO3/c1-11(19)18-14-9-7-13(8-10-14)16-17(21-16)15(20)12-5-3-2-4-6-12/h2-10,16-17H,1H3,(H,18,19)/t16-,17-/m1/s1. The van der Waals surface area contributed by atoms with Gasteiger partial charge in [0.25, 0.3) is 0 Å². The first-order valence-corrected chi connectivity index (χ1v) is 6.77. The number of epoxide rings is 1. The van der Waals surface area contributed by atoms with Crippen LogP contribution in [-0.4, -0.2) is 17.8 Å². The van der Waals surface area contributed by atoms with Gasteiger partial charge < -0.3 is 10.1 Å². The first kappa shape index (κ1) is 13.5. The predicted molar refractivity (Wildman–Crippen MR) is 79.1 cm³/mol. The van der Waals surface area contributed by atoms with Crippen LogP contribution >= 0.6 is 0 Å². The first-order chi connectivity index (χ1) is 10.1. The summed E-state index contributed by atoms with van der Waals surface area (Å²) in [6.07, 6.45) is -0.594. The highest BCUT2D eigenvalue weighted by Crippen LogP contribution is 2.40. The second-order valence-electron chi connectivity index (χ2n) is 5.01. The lowest BCUT2D eigenvalue weighted by atomic mass is 10.0. The van der Waals surface area contributed by atoms with Gasteiger partial charge in [-0.15, -0.1) is 0 Å². The Labute approximate surface area is 122 Å². The lowest BCUT2D eigenvalue weighted by molar-refractivity contribution is -0.114. The molecule has 4 nitrogen and oxygen atoms in total. The molecular formula is C17H15NO3. The summed E-state index contributed by atoms with van der Waals surface area (Å²) < 4.78 is 5.50. The molecule has 2 aromatic rings. The minimum Gasteiger partial charge on any atom is -0.356 e. The molecule has 21 heavy (non-hydrogen) atoms. The molecule has 0 aliphatic carbocycles. The van der Waals surface area contributed by atoms with Crippen LogP contribution in [-0.2, 0) is 9.53 Å². The zero-order valence-electron chi connectivity index (χ0n) is 11.6. The molecule has 0 radical (unpaired) electrons. The van der Waals surface area contributed by atoms with Crippen molar-refractivity contribution in [1.82, 2.24) is 0 Å². The number of nitrogens with one attached hydrogen (secondary N) is 1. The minimum absolute atomic E-state index is 0.00605. The lowest BCUT2D eigenvalue weighted by Gasteiger charge is -2.02. The van der Waals surface area contributed by atoms with Crippen LogP contribution in [0.15, 0.2) is 54.6 Å². The van der Waals surface area contributed by atoms with Crippen molar-refractivity contribution in [2.45, 2.75) is 19.1 Å². The average molecular weight is 281 g/mol. The summed E-state index contributed by atoms with van der Waals surface area (Å²) in [5.74, 6) is -0.103. The molecular weight excluding hydrogens is 266 g/mol. The Bertz CT molecular complexity index is 664. The summed E-state index contributed by atoms with van der Waals surface area (Å²) in [7, 11) is 0. The quantitative estimate of drug-likeness (QED) is 0.692. The summed E-state index contributed by atoms with van der Waals surface area (Å²) in [6, 6.07) is 16.5. The van der Waals surface area contributed by atoms with Gasteiger partial charge in [-0.3, -0.25) is 9.59 Å². The van der Waals surface area contributed by atoms with Crippen molar-refractivity contribution in [3.63, 3.8) is 0 Å². The van der Waals surface area contributed by atoms with Gasteiger partial charge in [0.15, 0.2) is 11.9 Å². The molecule has 106 valence electrons. The molecule has 1 N–H and O–H groups in total. The second kappa shape index (κ2) is 5.50. The molecule has 0 spiro atoms. The molecule has 2 atom stereocenters. The van der Waals surface area contributed by atoms with E-state index in [0.717, 1.165) is 11.3 Å². The normalized spacial score (nSPS) is 19.9. The zero-order chi connectivity index (χ0) is 14.8. The number of Topliss-reactive ketones (excluding diaryl/α,β-unsaturated/α-hetero) is 1. The third-order valence-electron chi connectivity index (χ3n) is 3.37. The van der Waals surface area contributed by atoms with Crippen molar-refractivity contribution < 1.29 is 14.3 Å². The summed E-state index contributed by atoms with van der Waals surface area (Å²) in [4.78, 5) is 23.2. The molecule has 0 bridgehead atoms. The Morgan fingerprint density at radius 3 is 2.29 bits per heavy atom. The molecule has 2 aromatic carbocycles. The maximum atomic E-state index is 12.2. The maximum absolute atomic E-state index is 12.2. The number of anilines is 1. The summed E-state index contributed by atoms with van der Waals surface area (Å²) >= 11 is 0. The van der Waals surface area contributed by atoms with E-state index in [2.05, 4.69) is 5.32 Å². The van der Waals surface area contributed by atoms with E-state index in [1.54, 1.807) is 12.1 Å². The van der Waals surface area contributed by atoms with E-state index in [1.807, 2.05) is 42.5 Å². The number of carbonyl (C=O) groups excluding carboxylic acids is 2. The van der Waals surface area contributed by atoms with E-state index in [4.69, 9.17) is 4.74 Å². The third kappa shape index (κ3) is 3.01. The number of hydrogen-bond acceptors (Lipinski definition) is 3. The lowest BCUT2D eigenvalue weighted by Crippen LogP contribution is -2.08. The Hall–Kier alpha value is -2.46. The number of carbonyl (C=O) groups is 2. The van der Waals surface area contributed by atoms with Crippen LogP contribution in [0, 0.1) is 0 Å². The highest BCUT2D eigenvalue weighted by atomic mass is 16.6. The van der Waals surface area contributed by atoms with Crippen LogP contribution in [0.3, 0.4) is 0 Å².